The normalized spacial score (nSPS) is 11.1. The van der Waals surface area contributed by atoms with Gasteiger partial charge in [-0.3, -0.25) is 9.10 Å². The second kappa shape index (κ2) is 10.0. The molecule has 3 rings (SSSR count). The number of hydrogen-bond acceptors (Lipinski definition) is 4. The predicted octanol–water partition coefficient (Wildman–Crippen LogP) is 5.23. The number of halogens is 2. The average Bonchev–Trinajstić information content (AvgIpc) is 2.72. The number of carbonyl (C=O) groups is 1. The van der Waals surface area contributed by atoms with Gasteiger partial charge < -0.3 is 10.1 Å². The molecule has 31 heavy (non-hydrogen) atoms. The third-order valence-corrected chi connectivity index (χ3v) is 6.41. The fourth-order valence-electron chi connectivity index (χ4n) is 2.92. The standard InChI is InChI=1S/C22H20Cl2N2O4S/c1-2-30-21-11-7-6-10-20(21)26(31(28,29)19-8-4-3-5-9-19)15-22(27)25-18-13-16(23)12-17(24)14-18/h3-14H,2,15H2,1H3,(H,25,27). The van der Waals surface area contributed by atoms with Crippen LogP contribution in [0.15, 0.2) is 77.7 Å². The Morgan fingerprint density at radius 1 is 0.968 bits per heavy atom. The molecule has 0 atom stereocenters. The van der Waals surface area contributed by atoms with Crippen LogP contribution in [0.3, 0.4) is 0 Å². The number of amides is 1. The van der Waals surface area contributed by atoms with E-state index in [-0.39, 0.29) is 10.6 Å². The summed E-state index contributed by atoms with van der Waals surface area (Å²) in [7, 11) is -4.06. The second-order valence-corrected chi connectivity index (χ2v) is 9.17. The number of carbonyl (C=O) groups excluding carboxylic acids is 1. The zero-order chi connectivity index (χ0) is 22.4. The summed E-state index contributed by atoms with van der Waals surface area (Å²) in [6, 6.07) is 19.1. The highest BCUT2D eigenvalue weighted by atomic mass is 35.5. The van der Waals surface area contributed by atoms with Crippen molar-refractivity contribution in [3.63, 3.8) is 0 Å². The maximum Gasteiger partial charge on any atom is 0.264 e. The molecule has 0 saturated carbocycles. The van der Waals surface area contributed by atoms with Gasteiger partial charge in [-0.25, -0.2) is 8.42 Å². The molecule has 0 aromatic heterocycles. The largest absolute Gasteiger partial charge is 0.492 e. The van der Waals surface area contributed by atoms with Crippen molar-refractivity contribution in [2.24, 2.45) is 0 Å². The quantitative estimate of drug-likeness (QED) is 0.480. The minimum atomic E-state index is -4.06. The Kier molecular flexibility index (Phi) is 7.43. The molecule has 0 aliphatic rings. The fraction of sp³-hybridized carbons (Fsp3) is 0.136. The van der Waals surface area contributed by atoms with Crippen LogP contribution in [0, 0.1) is 0 Å². The van der Waals surface area contributed by atoms with Crippen LogP contribution < -0.4 is 14.4 Å². The first-order valence-electron chi connectivity index (χ1n) is 9.37. The Morgan fingerprint density at radius 3 is 2.23 bits per heavy atom. The number of benzene rings is 3. The molecule has 0 unspecified atom stereocenters. The van der Waals surface area contributed by atoms with E-state index < -0.39 is 22.5 Å². The minimum Gasteiger partial charge on any atom is -0.492 e. The molecule has 0 bridgehead atoms. The Labute approximate surface area is 191 Å². The third kappa shape index (κ3) is 5.70. The van der Waals surface area contributed by atoms with Gasteiger partial charge in [0.2, 0.25) is 5.91 Å². The van der Waals surface area contributed by atoms with Gasteiger partial charge in [-0.1, -0.05) is 53.5 Å². The van der Waals surface area contributed by atoms with Crippen molar-refractivity contribution < 1.29 is 17.9 Å². The maximum absolute atomic E-state index is 13.4. The van der Waals surface area contributed by atoms with Crippen LogP contribution in [0.4, 0.5) is 11.4 Å². The monoisotopic (exact) mass is 478 g/mol. The van der Waals surface area contributed by atoms with Crippen LogP contribution in [0.1, 0.15) is 6.92 Å². The number of sulfonamides is 1. The number of para-hydroxylation sites is 2. The van der Waals surface area contributed by atoms with Crippen LogP contribution in [-0.2, 0) is 14.8 Å². The van der Waals surface area contributed by atoms with E-state index in [4.69, 9.17) is 27.9 Å². The van der Waals surface area contributed by atoms with Gasteiger partial charge in [-0.2, -0.15) is 0 Å². The van der Waals surface area contributed by atoms with Gasteiger partial charge in [0, 0.05) is 15.7 Å². The molecule has 0 heterocycles. The summed E-state index contributed by atoms with van der Waals surface area (Å²) in [5.41, 5.74) is 0.616. The molecule has 0 spiro atoms. The molecule has 0 radical (unpaired) electrons. The van der Waals surface area contributed by atoms with Crippen molar-refractivity contribution in [3.05, 3.63) is 82.8 Å². The highest BCUT2D eigenvalue weighted by molar-refractivity contribution is 7.92. The van der Waals surface area contributed by atoms with Crippen LogP contribution in [0.25, 0.3) is 0 Å². The Balaban J connectivity index is 1.99. The second-order valence-electron chi connectivity index (χ2n) is 6.43. The van der Waals surface area contributed by atoms with Gasteiger partial charge in [0.15, 0.2) is 0 Å². The van der Waals surface area contributed by atoms with Gasteiger partial charge in [0.25, 0.3) is 10.0 Å². The lowest BCUT2D eigenvalue weighted by Crippen LogP contribution is -2.38. The van der Waals surface area contributed by atoms with Crippen molar-refractivity contribution in [1.82, 2.24) is 0 Å². The summed E-state index contributed by atoms with van der Waals surface area (Å²) in [5, 5.41) is 3.34. The molecule has 1 amide bonds. The average molecular weight is 479 g/mol. The number of rotatable bonds is 8. The summed E-state index contributed by atoms with van der Waals surface area (Å²) in [4.78, 5) is 12.9. The maximum atomic E-state index is 13.4. The van der Waals surface area contributed by atoms with E-state index in [0.29, 0.717) is 28.1 Å². The molecule has 3 aromatic rings. The fourth-order valence-corrected chi connectivity index (χ4v) is 4.90. The van der Waals surface area contributed by atoms with E-state index in [2.05, 4.69) is 5.32 Å². The Hall–Kier alpha value is -2.74. The molecular formula is C22H20Cl2N2O4S. The first-order chi connectivity index (χ1) is 14.8. The minimum absolute atomic E-state index is 0.0555. The number of nitrogens with one attached hydrogen (secondary N) is 1. The number of anilines is 2. The first-order valence-corrected chi connectivity index (χ1v) is 11.6. The lowest BCUT2D eigenvalue weighted by Gasteiger charge is -2.26. The molecule has 0 aliphatic heterocycles. The van der Waals surface area contributed by atoms with Gasteiger partial charge in [-0.05, 0) is 49.4 Å². The molecule has 0 aliphatic carbocycles. The van der Waals surface area contributed by atoms with Gasteiger partial charge >= 0.3 is 0 Å². The van der Waals surface area contributed by atoms with E-state index in [1.54, 1.807) is 49.4 Å². The number of ether oxygens (including phenoxy) is 1. The van der Waals surface area contributed by atoms with Crippen molar-refractivity contribution in [1.29, 1.82) is 0 Å². The molecular weight excluding hydrogens is 459 g/mol. The summed E-state index contributed by atoms with van der Waals surface area (Å²) in [6.45, 7) is 1.65. The van der Waals surface area contributed by atoms with Crippen molar-refractivity contribution in [3.8, 4) is 5.75 Å². The van der Waals surface area contributed by atoms with Crippen LogP contribution in [0.2, 0.25) is 10.0 Å². The number of nitrogens with zero attached hydrogens (tertiary/aromatic N) is 1. The lowest BCUT2D eigenvalue weighted by molar-refractivity contribution is -0.114. The summed E-state index contributed by atoms with van der Waals surface area (Å²) in [6.07, 6.45) is 0. The predicted molar refractivity (Wildman–Crippen MR) is 124 cm³/mol. The molecule has 162 valence electrons. The molecule has 1 N–H and O–H groups in total. The highest BCUT2D eigenvalue weighted by Crippen LogP contribution is 2.32. The van der Waals surface area contributed by atoms with Gasteiger partial charge in [0.1, 0.15) is 12.3 Å². The summed E-state index contributed by atoms with van der Waals surface area (Å²) >= 11 is 12.0. The smallest absolute Gasteiger partial charge is 0.264 e. The van der Waals surface area contributed by atoms with E-state index in [0.717, 1.165) is 4.31 Å². The first kappa shape index (κ1) is 22.9. The number of hydrogen-bond donors (Lipinski definition) is 1. The lowest BCUT2D eigenvalue weighted by atomic mass is 10.3. The highest BCUT2D eigenvalue weighted by Gasteiger charge is 2.29. The third-order valence-electron chi connectivity index (χ3n) is 4.20. The van der Waals surface area contributed by atoms with Gasteiger partial charge in [-0.15, -0.1) is 0 Å². The van der Waals surface area contributed by atoms with Crippen LogP contribution in [0.5, 0.6) is 5.75 Å². The van der Waals surface area contributed by atoms with Crippen molar-refractivity contribution in [2.75, 3.05) is 22.8 Å². The molecule has 6 nitrogen and oxygen atoms in total. The van der Waals surface area contributed by atoms with Crippen LogP contribution >= 0.6 is 23.2 Å². The Morgan fingerprint density at radius 2 is 1.58 bits per heavy atom. The molecule has 9 heteroatoms. The van der Waals surface area contributed by atoms with E-state index in [1.807, 2.05) is 0 Å². The Bertz CT molecular complexity index is 1150. The van der Waals surface area contributed by atoms with E-state index >= 15 is 0 Å². The SMILES string of the molecule is CCOc1ccccc1N(CC(=O)Nc1cc(Cl)cc(Cl)c1)S(=O)(=O)c1ccccc1. The molecule has 3 aromatic carbocycles. The summed E-state index contributed by atoms with van der Waals surface area (Å²) in [5.74, 6) is -0.216. The molecule has 0 fully saturated rings. The van der Waals surface area contributed by atoms with Crippen LogP contribution in [-0.4, -0.2) is 27.5 Å². The van der Waals surface area contributed by atoms with E-state index in [1.165, 1.54) is 30.3 Å². The zero-order valence-electron chi connectivity index (χ0n) is 16.6. The zero-order valence-corrected chi connectivity index (χ0v) is 18.9. The van der Waals surface area contributed by atoms with Crippen molar-refractivity contribution in [2.45, 2.75) is 11.8 Å². The summed E-state index contributed by atoms with van der Waals surface area (Å²) < 4.78 is 33.5. The van der Waals surface area contributed by atoms with E-state index in [9.17, 15) is 13.2 Å². The van der Waals surface area contributed by atoms with Gasteiger partial charge in [0.05, 0.1) is 17.2 Å². The van der Waals surface area contributed by atoms with Crippen molar-refractivity contribution >= 4 is 50.5 Å². The molecule has 0 saturated heterocycles. The topological polar surface area (TPSA) is 75.7 Å².